The van der Waals surface area contributed by atoms with Gasteiger partial charge < -0.3 is 15.8 Å². The molecule has 2 aromatic rings. The summed E-state index contributed by atoms with van der Waals surface area (Å²) in [5.41, 5.74) is 7.75. The number of nitrogens with two attached hydrogens (primary N) is 1. The van der Waals surface area contributed by atoms with Gasteiger partial charge >= 0.3 is 0 Å². The summed E-state index contributed by atoms with van der Waals surface area (Å²) in [5, 5.41) is 3.38. The van der Waals surface area contributed by atoms with Gasteiger partial charge in [-0.15, -0.1) is 0 Å². The number of nitrogens with one attached hydrogen (secondary N) is 1. The molecule has 3 rings (SSSR count). The number of amides is 1. The standard InChI is InChI=1S/C14H15N3O2S/c15-12(9-4-2-1-3-5-9)13(18)17-14-16-10-6-7-19-8-11(10)20-14/h1-5,12H,6-8,15H2,(H,16,17,18). The van der Waals surface area contributed by atoms with Gasteiger partial charge in [0.25, 0.3) is 0 Å². The Balaban J connectivity index is 1.71. The molecule has 1 aliphatic heterocycles. The number of benzene rings is 1. The summed E-state index contributed by atoms with van der Waals surface area (Å²) in [6, 6.07) is 8.61. The Bertz CT molecular complexity index is 589. The quantitative estimate of drug-likeness (QED) is 0.904. The zero-order valence-electron chi connectivity index (χ0n) is 10.8. The summed E-state index contributed by atoms with van der Waals surface area (Å²) >= 11 is 1.45. The fraction of sp³-hybridized carbons (Fsp3) is 0.286. The highest BCUT2D eigenvalue weighted by Crippen LogP contribution is 2.27. The summed E-state index contributed by atoms with van der Waals surface area (Å²) in [4.78, 5) is 17.6. The van der Waals surface area contributed by atoms with Crippen molar-refractivity contribution in [1.82, 2.24) is 4.98 Å². The van der Waals surface area contributed by atoms with Crippen LogP contribution in [-0.4, -0.2) is 17.5 Å². The number of ether oxygens (including phenoxy) is 1. The SMILES string of the molecule is NC(C(=O)Nc1nc2c(s1)COCC2)c1ccccc1. The molecule has 1 aromatic carbocycles. The number of thiazole rings is 1. The minimum Gasteiger partial charge on any atom is -0.375 e. The number of nitrogens with zero attached hydrogens (tertiary/aromatic N) is 1. The average molecular weight is 289 g/mol. The first-order chi connectivity index (χ1) is 9.74. The molecular formula is C14H15N3O2S. The second kappa shape index (κ2) is 5.70. The summed E-state index contributed by atoms with van der Waals surface area (Å²) in [6.07, 6.45) is 0.798. The number of rotatable bonds is 3. The van der Waals surface area contributed by atoms with Gasteiger partial charge in [0, 0.05) is 6.42 Å². The largest absolute Gasteiger partial charge is 0.375 e. The molecule has 1 aliphatic rings. The third-order valence-corrected chi connectivity index (χ3v) is 4.15. The Morgan fingerprint density at radius 2 is 2.20 bits per heavy atom. The molecule has 0 saturated carbocycles. The van der Waals surface area contributed by atoms with E-state index in [4.69, 9.17) is 10.5 Å². The highest BCUT2D eigenvalue weighted by molar-refractivity contribution is 7.15. The zero-order chi connectivity index (χ0) is 13.9. The fourth-order valence-electron chi connectivity index (χ4n) is 2.07. The molecule has 3 N–H and O–H groups in total. The smallest absolute Gasteiger partial charge is 0.247 e. The van der Waals surface area contributed by atoms with Crippen molar-refractivity contribution in [1.29, 1.82) is 0 Å². The van der Waals surface area contributed by atoms with E-state index in [0.29, 0.717) is 18.3 Å². The van der Waals surface area contributed by atoms with Crippen LogP contribution in [0, 0.1) is 0 Å². The maximum absolute atomic E-state index is 12.1. The monoisotopic (exact) mass is 289 g/mol. The maximum atomic E-state index is 12.1. The van der Waals surface area contributed by atoms with E-state index in [2.05, 4.69) is 10.3 Å². The van der Waals surface area contributed by atoms with E-state index in [9.17, 15) is 4.79 Å². The van der Waals surface area contributed by atoms with Crippen molar-refractivity contribution >= 4 is 22.4 Å². The first-order valence-corrected chi connectivity index (χ1v) is 7.23. The van der Waals surface area contributed by atoms with Crippen LogP contribution in [0.25, 0.3) is 0 Å². The lowest BCUT2D eigenvalue weighted by Gasteiger charge is -2.10. The van der Waals surface area contributed by atoms with Crippen LogP contribution in [0.5, 0.6) is 0 Å². The van der Waals surface area contributed by atoms with Crippen LogP contribution >= 0.6 is 11.3 Å². The topological polar surface area (TPSA) is 77.2 Å². The predicted octanol–water partition coefficient (Wildman–Crippen LogP) is 1.85. The zero-order valence-corrected chi connectivity index (χ0v) is 11.7. The first kappa shape index (κ1) is 13.2. The van der Waals surface area contributed by atoms with E-state index in [1.807, 2.05) is 30.3 Å². The minimum absolute atomic E-state index is 0.247. The van der Waals surface area contributed by atoms with Crippen LogP contribution < -0.4 is 11.1 Å². The van der Waals surface area contributed by atoms with E-state index in [-0.39, 0.29) is 5.91 Å². The summed E-state index contributed by atoms with van der Waals surface area (Å²) in [5.74, 6) is -0.247. The predicted molar refractivity (Wildman–Crippen MR) is 77.5 cm³/mol. The van der Waals surface area contributed by atoms with E-state index < -0.39 is 6.04 Å². The van der Waals surface area contributed by atoms with Gasteiger partial charge in [-0.2, -0.15) is 0 Å². The van der Waals surface area contributed by atoms with E-state index in [1.54, 1.807) is 0 Å². The molecular weight excluding hydrogens is 274 g/mol. The molecule has 0 bridgehead atoms. The lowest BCUT2D eigenvalue weighted by atomic mass is 10.1. The Hall–Kier alpha value is -1.76. The van der Waals surface area contributed by atoms with Crippen LogP contribution in [0.1, 0.15) is 22.2 Å². The molecule has 0 radical (unpaired) electrons. The number of anilines is 1. The van der Waals surface area contributed by atoms with Crippen LogP contribution in [-0.2, 0) is 22.6 Å². The van der Waals surface area contributed by atoms with Crippen molar-refractivity contribution in [3.8, 4) is 0 Å². The van der Waals surface area contributed by atoms with Gasteiger partial charge in [-0.1, -0.05) is 41.7 Å². The molecule has 1 amide bonds. The highest BCUT2D eigenvalue weighted by atomic mass is 32.1. The molecule has 1 unspecified atom stereocenters. The molecule has 20 heavy (non-hydrogen) atoms. The van der Waals surface area contributed by atoms with Crippen LogP contribution in [0.4, 0.5) is 5.13 Å². The van der Waals surface area contributed by atoms with Gasteiger partial charge in [0.1, 0.15) is 6.04 Å². The maximum Gasteiger partial charge on any atom is 0.247 e. The molecule has 0 saturated heterocycles. The lowest BCUT2D eigenvalue weighted by molar-refractivity contribution is -0.117. The molecule has 1 aromatic heterocycles. The number of aromatic nitrogens is 1. The number of fused-ring (bicyclic) bond motifs is 1. The number of carbonyl (C=O) groups is 1. The molecule has 0 fully saturated rings. The average Bonchev–Trinajstić information content (AvgIpc) is 2.89. The van der Waals surface area contributed by atoms with Crippen LogP contribution in [0.15, 0.2) is 30.3 Å². The van der Waals surface area contributed by atoms with Gasteiger partial charge in [0.2, 0.25) is 5.91 Å². The molecule has 1 atom stereocenters. The van der Waals surface area contributed by atoms with Gasteiger partial charge in [-0.05, 0) is 5.56 Å². The number of carbonyl (C=O) groups excluding carboxylic acids is 1. The Morgan fingerprint density at radius 1 is 1.40 bits per heavy atom. The van der Waals surface area contributed by atoms with Crippen molar-refractivity contribution in [3.05, 3.63) is 46.5 Å². The fourth-order valence-corrected chi connectivity index (χ4v) is 3.02. The molecule has 6 heteroatoms. The number of hydrogen-bond acceptors (Lipinski definition) is 5. The van der Waals surface area contributed by atoms with Crippen molar-refractivity contribution in [2.75, 3.05) is 11.9 Å². The Labute approximate surface area is 120 Å². The van der Waals surface area contributed by atoms with Gasteiger partial charge in [0.05, 0.1) is 23.8 Å². The second-order valence-corrected chi connectivity index (χ2v) is 5.65. The van der Waals surface area contributed by atoms with Crippen molar-refractivity contribution in [2.45, 2.75) is 19.1 Å². The summed E-state index contributed by atoms with van der Waals surface area (Å²) in [6.45, 7) is 1.27. The first-order valence-electron chi connectivity index (χ1n) is 6.42. The lowest BCUT2D eigenvalue weighted by Crippen LogP contribution is -2.27. The Morgan fingerprint density at radius 3 is 2.95 bits per heavy atom. The van der Waals surface area contributed by atoms with Crippen LogP contribution in [0.2, 0.25) is 0 Å². The minimum atomic E-state index is -0.687. The van der Waals surface area contributed by atoms with Gasteiger partial charge in [-0.25, -0.2) is 4.98 Å². The number of hydrogen-bond donors (Lipinski definition) is 2. The van der Waals surface area contributed by atoms with E-state index in [0.717, 1.165) is 22.6 Å². The summed E-state index contributed by atoms with van der Waals surface area (Å²) in [7, 11) is 0. The molecule has 5 nitrogen and oxygen atoms in total. The second-order valence-electron chi connectivity index (χ2n) is 4.57. The van der Waals surface area contributed by atoms with E-state index in [1.165, 1.54) is 11.3 Å². The van der Waals surface area contributed by atoms with Gasteiger partial charge in [-0.3, -0.25) is 4.79 Å². The third-order valence-electron chi connectivity index (χ3n) is 3.17. The summed E-state index contributed by atoms with van der Waals surface area (Å²) < 4.78 is 5.36. The normalized spacial score (nSPS) is 15.4. The van der Waals surface area contributed by atoms with Crippen molar-refractivity contribution < 1.29 is 9.53 Å². The third kappa shape index (κ3) is 2.72. The highest BCUT2D eigenvalue weighted by Gasteiger charge is 2.20. The van der Waals surface area contributed by atoms with Crippen molar-refractivity contribution in [2.24, 2.45) is 5.73 Å². The molecule has 2 heterocycles. The van der Waals surface area contributed by atoms with Crippen molar-refractivity contribution in [3.63, 3.8) is 0 Å². The Kier molecular flexibility index (Phi) is 3.77. The molecule has 104 valence electrons. The van der Waals surface area contributed by atoms with Crippen LogP contribution in [0.3, 0.4) is 0 Å². The van der Waals surface area contributed by atoms with E-state index >= 15 is 0 Å². The molecule has 0 spiro atoms. The van der Waals surface area contributed by atoms with Gasteiger partial charge in [0.15, 0.2) is 5.13 Å². The molecule has 0 aliphatic carbocycles.